The smallest absolute Gasteiger partial charge is 0.339 e. The zero-order valence-corrected chi connectivity index (χ0v) is 20.1. The summed E-state index contributed by atoms with van der Waals surface area (Å²) >= 11 is 0. The third-order valence-electron chi connectivity index (χ3n) is 7.38. The Morgan fingerprint density at radius 3 is 2.19 bits per heavy atom. The highest BCUT2D eigenvalue weighted by Crippen LogP contribution is 2.54. The summed E-state index contributed by atoms with van der Waals surface area (Å²) in [5.74, 6) is 1.27. The molecule has 2 aliphatic rings. The molecule has 1 aromatic carbocycles. The zero-order valence-electron chi connectivity index (χ0n) is 20.1. The van der Waals surface area contributed by atoms with Crippen molar-refractivity contribution < 1.29 is 18.7 Å². The van der Waals surface area contributed by atoms with Crippen molar-refractivity contribution in [1.82, 2.24) is 0 Å². The number of aryl methyl sites for hydroxylation is 1. The second-order valence-electron chi connectivity index (χ2n) is 10.1. The molecule has 0 radical (unpaired) electrons. The monoisotopic (exact) mass is 425 g/mol. The summed E-state index contributed by atoms with van der Waals surface area (Å²) in [7, 11) is 1.52. The summed E-state index contributed by atoms with van der Waals surface area (Å²) in [6.07, 6.45) is 2.11. The van der Waals surface area contributed by atoms with Crippen LogP contribution in [0.15, 0.2) is 19.9 Å². The van der Waals surface area contributed by atoms with Gasteiger partial charge >= 0.3 is 5.63 Å². The third-order valence-corrected chi connectivity index (χ3v) is 7.38. The van der Waals surface area contributed by atoms with Gasteiger partial charge in [-0.2, -0.15) is 0 Å². The van der Waals surface area contributed by atoms with Gasteiger partial charge in [-0.25, -0.2) is 4.79 Å². The average molecular weight is 426 g/mol. The molecule has 6 heteroatoms. The van der Waals surface area contributed by atoms with Gasteiger partial charge in [0.2, 0.25) is 0 Å². The van der Waals surface area contributed by atoms with Crippen molar-refractivity contribution in [2.24, 2.45) is 10.6 Å². The van der Waals surface area contributed by atoms with Crippen molar-refractivity contribution in [1.29, 1.82) is 0 Å². The van der Waals surface area contributed by atoms with E-state index in [1.807, 2.05) is 41.5 Å². The van der Waals surface area contributed by atoms with Gasteiger partial charge in [-0.3, -0.25) is 0 Å². The fourth-order valence-electron chi connectivity index (χ4n) is 4.17. The Bertz CT molecular complexity index is 1240. The number of rotatable bonds is 1. The minimum atomic E-state index is -0.604. The molecule has 166 valence electrons. The lowest BCUT2D eigenvalue weighted by molar-refractivity contribution is 0.0181. The number of fused-ring (bicyclic) bond motifs is 6. The molecule has 31 heavy (non-hydrogen) atoms. The standard InChI is InChI=1S/C25H31NO5/c1-12-11-15-18(30-24(12,6)7)16-13(2)14(3)22(27)29-20(16)17-19(15)31-25(8,9)23(4,5)21(17)26-28-10/h11H,1-10H3/b26-21+. The molecule has 2 aromatic rings. The molecule has 0 spiro atoms. The maximum atomic E-state index is 12.7. The molecule has 0 bridgehead atoms. The normalized spacial score (nSPS) is 21.6. The molecule has 0 saturated heterocycles. The van der Waals surface area contributed by atoms with Gasteiger partial charge in [-0.15, -0.1) is 0 Å². The van der Waals surface area contributed by atoms with Crippen LogP contribution in [0.4, 0.5) is 0 Å². The predicted molar refractivity (Wildman–Crippen MR) is 122 cm³/mol. The second-order valence-corrected chi connectivity index (χ2v) is 10.1. The topological polar surface area (TPSA) is 70.3 Å². The maximum Gasteiger partial charge on any atom is 0.339 e. The summed E-state index contributed by atoms with van der Waals surface area (Å²) in [6, 6.07) is 0. The Morgan fingerprint density at radius 1 is 0.935 bits per heavy atom. The first kappa shape index (κ1) is 21.5. The van der Waals surface area contributed by atoms with Crippen LogP contribution in [-0.2, 0) is 4.84 Å². The largest absolute Gasteiger partial charge is 0.485 e. The highest BCUT2D eigenvalue weighted by molar-refractivity contribution is 6.18. The van der Waals surface area contributed by atoms with Crippen LogP contribution < -0.4 is 15.1 Å². The molecule has 2 aliphatic heterocycles. The average Bonchev–Trinajstić information content (AvgIpc) is 2.65. The van der Waals surface area contributed by atoms with E-state index in [4.69, 9.17) is 18.7 Å². The number of oxime groups is 1. The van der Waals surface area contributed by atoms with E-state index in [0.29, 0.717) is 33.9 Å². The zero-order chi connectivity index (χ0) is 23.1. The predicted octanol–water partition coefficient (Wildman–Crippen LogP) is 5.53. The minimum absolute atomic E-state index is 0.381. The Kier molecular flexibility index (Phi) is 4.42. The number of nitrogens with zero attached hydrogens (tertiary/aromatic N) is 1. The van der Waals surface area contributed by atoms with Crippen LogP contribution in [0.3, 0.4) is 0 Å². The van der Waals surface area contributed by atoms with Crippen LogP contribution in [0.5, 0.6) is 11.5 Å². The molecule has 1 aromatic heterocycles. The van der Waals surface area contributed by atoms with Gasteiger partial charge in [0, 0.05) is 5.56 Å². The molecule has 4 rings (SSSR count). The van der Waals surface area contributed by atoms with Gasteiger partial charge in [0.15, 0.2) is 5.58 Å². The van der Waals surface area contributed by atoms with Crippen LogP contribution >= 0.6 is 0 Å². The van der Waals surface area contributed by atoms with E-state index in [9.17, 15) is 4.79 Å². The minimum Gasteiger partial charge on any atom is -0.485 e. The van der Waals surface area contributed by atoms with Gasteiger partial charge in [-0.05, 0) is 65.7 Å². The second kappa shape index (κ2) is 6.38. The Morgan fingerprint density at radius 2 is 1.58 bits per heavy atom. The summed E-state index contributed by atoms with van der Waals surface area (Å²) in [6.45, 7) is 18.0. The van der Waals surface area contributed by atoms with Crippen molar-refractivity contribution in [3.63, 3.8) is 0 Å². The highest BCUT2D eigenvalue weighted by atomic mass is 16.6. The van der Waals surface area contributed by atoms with Crippen molar-refractivity contribution >= 4 is 22.8 Å². The summed E-state index contributed by atoms with van der Waals surface area (Å²) in [4.78, 5) is 18.0. The van der Waals surface area contributed by atoms with Gasteiger partial charge in [0.05, 0.1) is 21.9 Å². The first-order valence-electron chi connectivity index (χ1n) is 10.6. The number of benzene rings is 1. The van der Waals surface area contributed by atoms with E-state index in [-0.39, 0.29) is 5.63 Å². The van der Waals surface area contributed by atoms with Gasteiger partial charge in [0.25, 0.3) is 0 Å². The van der Waals surface area contributed by atoms with Crippen molar-refractivity contribution in [3.8, 4) is 11.5 Å². The van der Waals surface area contributed by atoms with Crippen molar-refractivity contribution in [3.05, 3.63) is 38.2 Å². The number of ether oxygens (including phenoxy) is 2. The summed E-state index contributed by atoms with van der Waals surface area (Å²) in [5, 5.41) is 5.18. The van der Waals surface area contributed by atoms with E-state index in [1.165, 1.54) is 7.11 Å². The van der Waals surface area contributed by atoms with E-state index >= 15 is 0 Å². The molecular weight excluding hydrogens is 394 g/mol. The number of hydrogen-bond acceptors (Lipinski definition) is 6. The first-order valence-corrected chi connectivity index (χ1v) is 10.6. The molecule has 0 saturated carbocycles. The van der Waals surface area contributed by atoms with Crippen LogP contribution in [0, 0.1) is 19.3 Å². The molecule has 0 amide bonds. The SMILES string of the molecule is CO/N=C1\c2c(c3c(c4c(C)c(C)c(=O)oc24)OC(C)(C)C(C)=C3)OC(C)(C)C1(C)C. The van der Waals surface area contributed by atoms with Gasteiger partial charge < -0.3 is 18.7 Å². The van der Waals surface area contributed by atoms with E-state index in [0.717, 1.165) is 22.1 Å². The fraction of sp³-hybridized carbons (Fsp3) is 0.520. The summed E-state index contributed by atoms with van der Waals surface area (Å²) < 4.78 is 19.0. The van der Waals surface area contributed by atoms with E-state index in [2.05, 4.69) is 25.1 Å². The van der Waals surface area contributed by atoms with Crippen LogP contribution in [0.1, 0.15) is 70.7 Å². The molecule has 0 aliphatic carbocycles. The lowest BCUT2D eigenvalue weighted by atomic mass is 9.68. The van der Waals surface area contributed by atoms with Crippen molar-refractivity contribution in [2.45, 2.75) is 73.5 Å². The molecule has 3 heterocycles. The van der Waals surface area contributed by atoms with Crippen molar-refractivity contribution in [2.75, 3.05) is 7.11 Å². The van der Waals surface area contributed by atoms with E-state index < -0.39 is 16.6 Å². The third kappa shape index (κ3) is 2.76. The van der Waals surface area contributed by atoms with Gasteiger partial charge in [-0.1, -0.05) is 19.0 Å². The quantitative estimate of drug-likeness (QED) is 0.444. The lowest BCUT2D eigenvalue weighted by Gasteiger charge is -2.47. The Hall–Kier alpha value is -2.76. The summed E-state index contributed by atoms with van der Waals surface area (Å²) in [5.41, 5.74) is 3.03. The lowest BCUT2D eigenvalue weighted by Crippen LogP contribution is -2.53. The molecular formula is C25H31NO5. The molecule has 0 N–H and O–H groups in total. The van der Waals surface area contributed by atoms with Gasteiger partial charge in [0.1, 0.15) is 35.5 Å². The van der Waals surface area contributed by atoms with Crippen LogP contribution in [-0.4, -0.2) is 24.0 Å². The number of hydrogen-bond donors (Lipinski definition) is 0. The van der Waals surface area contributed by atoms with Crippen LogP contribution in [0.25, 0.3) is 17.0 Å². The fourth-order valence-corrected chi connectivity index (χ4v) is 4.17. The maximum absolute atomic E-state index is 12.7. The van der Waals surface area contributed by atoms with E-state index in [1.54, 1.807) is 6.92 Å². The highest BCUT2D eigenvalue weighted by Gasteiger charge is 2.52. The Labute approximate surface area is 182 Å². The molecule has 0 atom stereocenters. The first-order chi connectivity index (χ1) is 14.2. The Balaban J connectivity index is 2.30. The van der Waals surface area contributed by atoms with Crippen LogP contribution in [0.2, 0.25) is 0 Å². The molecule has 0 unspecified atom stereocenters. The molecule has 0 fully saturated rings. The molecule has 6 nitrogen and oxygen atoms in total.